The van der Waals surface area contributed by atoms with Crippen LogP contribution in [0.1, 0.15) is 31.9 Å². The van der Waals surface area contributed by atoms with Gasteiger partial charge in [0.15, 0.2) is 0 Å². The summed E-state index contributed by atoms with van der Waals surface area (Å²) in [7, 11) is -3.35. The van der Waals surface area contributed by atoms with Crippen LogP contribution in [0.2, 0.25) is 0 Å². The Bertz CT molecular complexity index is 469. The second-order valence-corrected chi connectivity index (χ2v) is 6.44. The Balaban J connectivity index is 2.34. The van der Waals surface area contributed by atoms with Gasteiger partial charge in [0.05, 0.1) is 18.0 Å². The highest BCUT2D eigenvalue weighted by atomic mass is 32.2. The highest BCUT2D eigenvalue weighted by Gasteiger charge is 2.14. The number of hydrogen-bond donors (Lipinski definition) is 2. The minimum absolute atomic E-state index is 0.0159. The van der Waals surface area contributed by atoms with E-state index in [1.165, 1.54) is 0 Å². The van der Waals surface area contributed by atoms with E-state index in [4.69, 9.17) is 5.14 Å². The number of hydrogen-bond acceptors (Lipinski definition) is 4. The molecule has 0 saturated carbocycles. The highest BCUT2D eigenvalue weighted by Crippen LogP contribution is 2.10. The van der Waals surface area contributed by atoms with Gasteiger partial charge in [0.25, 0.3) is 0 Å². The van der Waals surface area contributed by atoms with Gasteiger partial charge in [0, 0.05) is 12.2 Å². The van der Waals surface area contributed by atoms with Crippen molar-refractivity contribution >= 4 is 10.0 Å². The molecule has 0 aromatic carbocycles. The molecule has 7 heteroatoms. The number of nitrogens with one attached hydrogen (secondary N) is 1. The smallest absolute Gasteiger partial charge is 0.209 e. The van der Waals surface area contributed by atoms with Gasteiger partial charge in [0.2, 0.25) is 10.0 Å². The van der Waals surface area contributed by atoms with Crippen LogP contribution in [0.15, 0.2) is 12.4 Å². The lowest BCUT2D eigenvalue weighted by atomic mass is 10.1. The van der Waals surface area contributed by atoms with E-state index in [9.17, 15) is 8.42 Å². The van der Waals surface area contributed by atoms with Crippen molar-refractivity contribution in [3.63, 3.8) is 0 Å². The minimum Gasteiger partial charge on any atom is -0.312 e. The Hall–Kier alpha value is -0.920. The molecule has 0 fully saturated rings. The van der Waals surface area contributed by atoms with Crippen molar-refractivity contribution in [3.05, 3.63) is 18.0 Å². The standard InChI is InChI=1S/C11H22N4O2S/c1-9-7-14-15(8-9)11(3)10(2)13-5-4-6-18(12,16)17/h7-8,10-11,13H,4-6H2,1-3H3,(H2,12,16,17)/t10-,11+/m1/s1. The van der Waals surface area contributed by atoms with Gasteiger partial charge in [-0.15, -0.1) is 0 Å². The summed E-state index contributed by atoms with van der Waals surface area (Å²) in [5, 5.41) is 12.5. The number of aryl methyl sites for hydroxylation is 1. The summed E-state index contributed by atoms with van der Waals surface area (Å²) in [5.74, 6) is 0.0159. The SMILES string of the molecule is Cc1cnn([C@@H](C)[C@@H](C)NCCCS(N)(=O)=O)c1. The average molecular weight is 274 g/mol. The van der Waals surface area contributed by atoms with Crippen molar-refractivity contribution in [2.45, 2.75) is 39.3 Å². The Kier molecular flexibility index (Phi) is 5.30. The van der Waals surface area contributed by atoms with Gasteiger partial charge in [-0.2, -0.15) is 5.10 Å². The van der Waals surface area contributed by atoms with Gasteiger partial charge in [-0.1, -0.05) is 0 Å². The number of primary sulfonamides is 1. The molecule has 0 bridgehead atoms. The molecule has 6 nitrogen and oxygen atoms in total. The van der Waals surface area contributed by atoms with Crippen LogP contribution in [-0.4, -0.2) is 36.5 Å². The van der Waals surface area contributed by atoms with Crippen molar-refractivity contribution in [2.24, 2.45) is 5.14 Å². The van der Waals surface area contributed by atoms with Gasteiger partial charge in [-0.25, -0.2) is 13.6 Å². The molecule has 0 aliphatic rings. The Morgan fingerprint density at radius 3 is 2.67 bits per heavy atom. The first kappa shape index (κ1) is 15.1. The normalized spacial score (nSPS) is 15.6. The fourth-order valence-electron chi connectivity index (χ4n) is 1.66. The van der Waals surface area contributed by atoms with Crippen LogP contribution < -0.4 is 10.5 Å². The molecule has 0 aliphatic heterocycles. The fourth-order valence-corrected chi connectivity index (χ4v) is 2.21. The average Bonchev–Trinajstić information content (AvgIpc) is 2.68. The molecule has 0 amide bonds. The van der Waals surface area contributed by atoms with Crippen LogP contribution in [0, 0.1) is 6.92 Å². The first-order valence-electron chi connectivity index (χ1n) is 6.04. The molecule has 2 atom stereocenters. The Labute approximate surface area is 109 Å². The second-order valence-electron chi connectivity index (χ2n) is 4.70. The number of nitrogens with two attached hydrogens (primary N) is 1. The molecule has 1 aromatic heterocycles. The maximum absolute atomic E-state index is 10.8. The molecule has 18 heavy (non-hydrogen) atoms. The zero-order valence-electron chi connectivity index (χ0n) is 11.1. The maximum atomic E-state index is 10.8. The van der Waals surface area contributed by atoms with Crippen molar-refractivity contribution in [3.8, 4) is 0 Å². The van der Waals surface area contributed by atoms with E-state index in [1.807, 2.05) is 24.0 Å². The summed E-state index contributed by atoms with van der Waals surface area (Å²) in [6, 6.07) is 0.429. The molecular formula is C11H22N4O2S. The van der Waals surface area contributed by atoms with Gasteiger partial charge < -0.3 is 5.32 Å². The summed E-state index contributed by atoms with van der Waals surface area (Å²) in [5.41, 5.74) is 1.13. The topological polar surface area (TPSA) is 90.0 Å². The van der Waals surface area contributed by atoms with E-state index in [1.54, 1.807) is 0 Å². The van der Waals surface area contributed by atoms with Crippen LogP contribution in [0.3, 0.4) is 0 Å². The lowest BCUT2D eigenvalue weighted by Gasteiger charge is -2.21. The van der Waals surface area contributed by atoms with E-state index in [2.05, 4.69) is 24.3 Å². The third-order valence-electron chi connectivity index (χ3n) is 2.94. The van der Waals surface area contributed by atoms with Gasteiger partial charge in [0.1, 0.15) is 0 Å². The summed E-state index contributed by atoms with van der Waals surface area (Å²) < 4.78 is 23.4. The molecule has 1 aromatic rings. The van der Waals surface area contributed by atoms with E-state index in [0.29, 0.717) is 13.0 Å². The largest absolute Gasteiger partial charge is 0.312 e. The molecule has 1 rings (SSSR count). The second kappa shape index (κ2) is 6.31. The fraction of sp³-hybridized carbons (Fsp3) is 0.727. The van der Waals surface area contributed by atoms with Crippen molar-refractivity contribution in [2.75, 3.05) is 12.3 Å². The lowest BCUT2D eigenvalue weighted by Crippen LogP contribution is -2.35. The van der Waals surface area contributed by atoms with Crippen LogP contribution in [0.25, 0.3) is 0 Å². The van der Waals surface area contributed by atoms with E-state index >= 15 is 0 Å². The molecule has 0 saturated heterocycles. The van der Waals surface area contributed by atoms with Crippen LogP contribution in [0.4, 0.5) is 0 Å². The predicted molar refractivity (Wildman–Crippen MR) is 71.7 cm³/mol. The van der Waals surface area contributed by atoms with Crippen LogP contribution in [0.5, 0.6) is 0 Å². The quantitative estimate of drug-likeness (QED) is 0.705. The van der Waals surface area contributed by atoms with E-state index in [0.717, 1.165) is 5.56 Å². The number of nitrogens with zero attached hydrogens (tertiary/aromatic N) is 2. The van der Waals surface area contributed by atoms with Crippen molar-refractivity contribution < 1.29 is 8.42 Å². The molecular weight excluding hydrogens is 252 g/mol. The molecule has 0 aliphatic carbocycles. The first-order chi connectivity index (χ1) is 8.29. The predicted octanol–water partition coefficient (Wildman–Crippen LogP) is 0.409. The maximum Gasteiger partial charge on any atom is 0.209 e. The molecule has 104 valence electrons. The zero-order valence-corrected chi connectivity index (χ0v) is 11.9. The molecule has 0 radical (unpaired) electrons. The van der Waals surface area contributed by atoms with Gasteiger partial charge in [-0.05, 0) is 39.3 Å². The molecule has 1 heterocycles. The van der Waals surface area contributed by atoms with Crippen LogP contribution in [-0.2, 0) is 10.0 Å². The summed E-state index contributed by atoms with van der Waals surface area (Å²) in [4.78, 5) is 0. The van der Waals surface area contributed by atoms with Crippen molar-refractivity contribution in [1.29, 1.82) is 0 Å². The summed E-state index contributed by atoms with van der Waals surface area (Å²) in [6.07, 6.45) is 4.34. The molecule has 3 N–H and O–H groups in total. The monoisotopic (exact) mass is 274 g/mol. The van der Waals surface area contributed by atoms with Gasteiger partial charge >= 0.3 is 0 Å². The Morgan fingerprint density at radius 2 is 2.17 bits per heavy atom. The number of aromatic nitrogens is 2. The molecule has 0 spiro atoms. The van der Waals surface area contributed by atoms with E-state index < -0.39 is 10.0 Å². The number of rotatable bonds is 7. The Morgan fingerprint density at radius 1 is 1.50 bits per heavy atom. The number of sulfonamides is 1. The zero-order chi connectivity index (χ0) is 13.8. The first-order valence-corrected chi connectivity index (χ1v) is 7.76. The highest BCUT2D eigenvalue weighted by molar-refractivity contribution is 7.89. The minimum atomic E-state index is -3.35. The summed E-state index contributed by atoms with van der Waals surface area (Å²) in [6.45, 7) is 6.75. The van der Waals surface area contributed by atoms with E-state index in [-0.39, 0.29) is 17.8 Å². The third kappa shape index (κ3) is 5.16. The third-order valence-corrected chi connectivity index (χ3v) is 3.80. The van der Waals surface area contributed by atoms with Gasteiger partial charge in [-0.3, -0.25) is 4.68 Å². The summed E-state index contributed by atoms with van der Waals surface area (Å²) >= 11 is 0. The van der Waals surface area contributed by atoms with Crippen molar-refractivity contribution in [1.82, 2.24) is 15.1 Å². The molecule has 0 unspecified atom stereocenters. The lowest BCUT2D eigenvalue weighted by molar-refractivity contribution is 0.367. The van der Waals surface area contributed by atoms with Crippen LogP contribution >= 0.6 is 0 Å².